The summed E-state index contributed by atoms with van der Waals surface area (Å²) in [4.78, 5) is 16.1. The lowest BCUT2D eigenvalue weighted by Crippen LogP contribution is -2.42. The number of carbonyl (C=O) groups excluding carboxylic acids is 1. The maximum Gasteiger partial charge on any atom is 0.234 e. The molecule has 23 heavy (non-hydrogen) atoms. The van der Waals surface area contributed by atoms with E-state index in [0.717, 1.165) is 39.1 Å². The van der Waals surface area contributed by atoms with Crippen molar-refractivity contribution in [2.75, 3.05) is 32.8 Å². The van der Waals surface area contributed by atoms with Gasteiger partial charge in [-0.05, 0) is 36.2 Å². The number of rotatable bonds is 4. The van der Waals surface area contributed by atoms with Gasteiger partial charge in [0.1, 0.15) is 0 Å². The highest BCUT2D eigenvalue weighted by molar-refractivity contribution is 7.10. The van der Waals surface area contributed by atoms with Gasteiger partial charge in [-0.25, -0.2) is 0 Å². The largest absolute Gasteiger partial charge is 0.381 e. The second kappa shape index (κ2) is 6.54. The van der Waals surface area contributed by atoms with Crippen molar-refractivity contribution in [1.29, 1.82) is 0 Å². The lowest BCUT2D eigenvalue weighted by atomic mass is 9.85. The van der Waals surface area contributed by atoms with E-state index in [1.807, 2.05) is 0 Å². The van der Waals surface area contributed by atoms with Crippen LogP contribution in [0.1, 0.15) is 44.5 Å². The molecule has 2 atom stereocenters. The van der Waals surface area contributed by atoms with Crippen molar-refractivity contribution in [3.63, 3.8) is 0 Å². The summed E-state index contributed by atoms with van der Waals surface area (Å²) in [6.07, 6.45) is 2.30. The molecule has 1 aromatic rings. The minimum Gasteiger partial charge on any atom is -0.381 e. The predicted molar refractivity (Wildman–Crippen MR) is 93.6 cm³/mol. The number of hydrogen-bond donors (Lipinski definition) is 1. The van der Waals surface area contributed by atoms with Gasteiger partial charge in [0.2, 0.25) is 5.91 Å². The summed E-state index contributed by atoms with van der Waals surface area (Å²) in [5.74, 6) is 0.134. The Morgan fingerprint density at radius 3 is 2.91 bits per heavy atom. The minimum atomic E-state index is 0.00599. The Kier molecular flexibility index (Phi) is 4.81. The summed E-state index contributed by atoms with van der Waals surface area (Å²) in [5.41, 5.74) is 0.323. The molecule has 4 nitrogen and oxygen atoms in total. The van der Waals surface area contributed by atoms with E-state index in [1.165, 1.54) is 4.88 Å². The van der Waals surface area contributed by atoms with Crippen molar-refractivity contribution in [2.24, 2.45) is 10.8 Å². The highest BCUT2D eigenvalue weighted by Crippen LogP contribution is 2.38. The molecule has 1 amide bonds. The molecule has 3 rings (SSSR count). The predicted octanol–water partition coefficient (Wildman–Crippen LogP) is 3.06. The van der Waals surface area contributed by atoms with E-state index < -0.39 is 0 Å². The second-order valence-corrected chi connectivity index (χ2v) is 9.12. The molecule has 0 aromatic carbocycles. The summed E-state index contributed by atoms with van der Waals surface area (Å²) < 4.78 is 5.57. The number of carbonyl (C=O) groups is 1. The first-order valence-electron chi connectivity index (χ1n) is 8.51. The number of hydrogen-bond acceptors (Lipinski definition) is 4. The Morgan fingerprint density at radius 1 is 1.48 bits per heavy atom. The number of thiophene rings is 1. The lowest BCUT2D eigenvalue weighted by Gasteiger charge is -2.31. The van der Waals surface area contributed by atoms with Crippen LogP contribution in [0, 0.1) is 10.8 Å². The molecule has 2 aliphatic rings. The van der Waals surface area contributed by atoms with Gasteiger partial charge in [0.05, 0.1) is 19.2 Å². The smallest absolute Gasteiger partial charge is 0.234 e. The van der Waals surface area contributed by atoms with Crippen LogP contribution >= 0.6 is 11.3 Å². The highest BCUT2D eigenvalue weighted by atomic mass is 32.1. The third-order valence-electron chi connectivity index (χ3n) is 5.07. The summed E-state index contributed by atoms with van der Waals surface area (Å²) in [7, 11) is 0. The average molecular weight is 337 g/mol. The molecule has 2 aliphatic heterocycles. The molecule has 1 N–H and O–H groups in total. The second-order valence-electron chi connectivity index (χ2n) is 8.15. The molecule has 2 saturated heterocycles. The van der Waals surface area contributed by atoms with Crippen LogP contribution in [0.3, 0.4) is 0 Å². The molecule has 2 fully saturated rings. The van der Waals surface area contributed by atoms with Gasteiger partial charge in [0.25, 0.3) is 0 Å². The third-order valence-corrected chi connectivity index (χ3v) is 6.01. The fourth-order valence-electron chi connectivity index (χ4n) is 3.71. The van der Waals surface area contributed by atoms with Crippen molar-refractivity contribution >= 4 is 17.2 Å². The van der Waals surface area contributed by atoms with Crippen LogP contribution in [0.5, 0.6) is 0 Å². The Balaban J connectivity index is 1.58. The van der Waals surface area contributed by atoms with E-state index in [4.69, 9.17) is 4.74 Å². The van der Waals surface area contributed by atoms with E-state index in [-0.39, 0.29) is 17.4 Å². The molecular formula is C18H28N2O2S. The zero-order valence-corrected chi connectivity index (χ0v) is 15.2. The van der Waals surface area contributed by atoms with Crippen LogP contribution in [0.25, 0.3) is 0 Å². The van der Waals surface area contributed by atoms with Crippen LogP contribution in [0.4, 0.5) is 0 Å². The van der Waals surface area contributed by atoms with Crippen molar-refractivity contribution in [3.8, 4) is 0 Å². The molecule has 5 heteroatoms. The molecule has 0 bridgehead atoms. The summed E-state index contributed by atoms with van der Waals surface area (Å²) in [6, 6.07) is 4.23. The Labute approximate surface area is 143 Å². The van der Waals surface area contributed by atoms with Gasteiger partial charge < -0.3 is 10.1 Å². The first kappa shape index (κ1) is 16.9. The summed E-state index contributed by atoms with van der Waals surface area (Å²) >= 11 is 1.71. The van der Waals surface area contributed by atoms with Crippen LogP contribution in [0.15, 0.2) is 17.5 Å². The molecule has 0 aliphatic carbocycles. The van der Waals surface area contributed by atoms with Crippen molar-refractivity contribution in [1.82, 2.24) is 10.2 Å². The molecule has 2 unspecified atom stereocenters. The molecular weight excluding hydrogens is 308 g/mol. The van der Waals surface area contributed by atoms with Crippen LogP contribution in [0.2, 0.25) is 0 Å². The minimum absolute atomic E-state index is 0.00599. The van der Waals surface area contributed by atoms with Gasteiger partial charge in [-0.2, -0.15) is 0 Å². The fourth-order valence-corrected chi connectivity index (χ4v) is 4.73. The van der Waals surface area contributed by atoms with Gasteiger partial charge in [-0.3, -0.25) is 9.69 Å². The Bertz CT molecular complexity index is 530. The highest BCUT2D eigenvalue weighted by Gasteiger charge is 2.41. The summed E-state index contributed by atoms with van der Waals surface area (Å²) in [6.45, 7) is 10.8. The molecule has 128 valence electrons. The normalized spacial score (nSPS) is 26.7. The Hall–Kier alpha value is -0.910. The van der Waals surface area contributed by atoms with E-state index >= 15 is 0 Å². The topological polar surface area (TPSA) is 41.6 Å². The molecule has 1 aromatic heterocycles. The standard InChI is InChI=1S/C18H28N2O2S/c1-17(2,3)16(14-5-4-10-23-14)19-15(21)11-20-8-6-18(12-20)7-9-22-13-18/h4-5,10,16H,6-9,11-13H2,1-3H3,(H,19,21). The van der Waals surface area contributed by atoms with Gasteiger partial charge in [0, 0.05) is 23.4 Å². The summed E-state index contributed by atoms with van der Waals surface area (Å²) in [5, 5.41) is 5.34. The zero-order chi connectivity index (χ0) is 16.5. The number of likely N-dealkylation sites (tertiary alicyclic amines) is 1. The number of ether oxygens (including phenoxy) is 1. The van der Waals surface area contributed by atoms with E-state index in [2.05, 4.69) is 48.5 Å². The van der Waals surface area contributed by atoms with Crippen molar-refractivity contribution in [2.45, 2.75) is 39.7 Å². The van der Waals surface area contributed by atoms with Gasteiger partial charge in [0.15, 0.2) is 0 Å². The molecule has 0 saturated carbocycles. The third kappa shape index (κ3) is 3.95. The fraction of sp³-hybridized carbons (Fsp3) is 0.722. The average Bonchev–Trinajstić information content (AvgIpc) is 3.19. The molecule has 1 spiro atoms. The SMILES string of the molecule is CC(C)(C)C(NC(=O)CN1CCC2(CCOC2)C1)c1cccs1. The monoisotopic (exact) mass is 336 g/mol. The molecule has 0 radical (unpaired) electrons. The first-order valence-corrected chi connectivity index (χ1v) is 9.39. The number of nitrogens with one attached hydrogen (secondary N) is 1. The van der Waals surface area contributed by atoms with Gasteiger partial charge in [-0.1, -0.05) is 26.8 Å². The van der Waals surface area contributed by atoms with Crippen LogP contribution < -0.4 is 5.32 Å². The maximum atomic E-state index is 12.6. The quantitative estimate of drug-likeness (QED) is 0.919. The number of nitrogens with zero attached hydrogens (tertiary/aromatic N) is 1. The number of amides is 1. The molecule has 3 heterocycles. The Morgan fingerprint density at radius 2 is 2.30 bits per heavy atom. The van der Waals surface area contributed by atoms with Gasteiger partial charge >= 0.3 is 0 Å². The van der Waals surface area contributed by atoms with Crippen molar-refractivity contribution < 1.29 is 9.53 Å². The first-order chi connectivity index (χ1) is 10.9. The lowest BCUT2D eigenvalue weighted by molar-refractivity contribution is -0.123. The van der Waals surface area contributed by atoms with Crippen LogP contribution in [-0.4, -0.2) is 43.7 Å². The van der Waals surface area contributed by atoms with E-state index in [1.54, 1.807) is 11.3 Å². The zero-order valence-electron chi connectivity index (χ0n) is 14.4. The van der Waals surface area contributed by atoms with E-state index in [0.29, 0.717) is 12.0 Å². The van der Waals surface area contributed by atoms with Gasteiger partial charge in [-0.15, -0.1) is 11.3 Å². The maximum absolute atomic E-state index is 12.6. The van der Waals surface area contributed by atoms with Crippen molar-refractivity contribution in [3.05, 3.63) is 22.4 Å². The van der Waals surface area contributed by atoms with Crippen LogP contribution in [-0.2, 0) is 9.53 Å². The van der Waals surface area contributed by atoms with E-state index in [9.17, 15) is 4.79 Å².